The van der Waals surface area contributed by atoms with Crippen LogP contribution < -0.4 is 10.6 Å². The summed E-state index contributed by atoms with van der Waals surface area (Å²) in [6, 6.07) is 17.0. The van der Waals surface area contributed by atoms with Crippen molar-refractivity contribution in [3.63, 3.8) is 0 Å². The number of fused-ring (bicyclic) bond motifs is 13. The minimum atomic E-state index is -0.760. The molecule has 2 aromatic heterocycles. The third-order valence-electron chi connectivity index (χ3n) is 8.60. The maximum atomic E-state index is 13.3. The Morgan fingerprint density at radius 1 is 1.06 bits per heavy atom. The standard InChI is InChI=1S/C28H26N4O3/c1-28-26(34-3)17(29-2)12-20(35-28)31-18-10-6-4-8-14(18)22-23-16(13-30-27(23)33)21-15-9-5-7-11-19(15)32(28)25(21)24(22)31/h4-11,17,20,26,29H,12-13H2,1-3H3,(H,30,33)/t17?,20-,26-,28+/m0/s1. The molecule has 8 rings (SSSR count). The van der Waals surface area contributed by atoms with Gasteiger partial charge in [0, 0.05) is 47.7 Å². The number of methoxy groups -OCH3 is 1. The zero-order valence-electron chi connectivity index (χ0n) is 19.9. The normalized spacial score (nSPS) is 27.3. The minimum Gasteiger partial charge on any atom is -0.375 e. The van der Waals surface area contributed by atoms with Gasteiger partial charge in [0.05, 0.1) is 27.6 Å². The number of carbonyl (C=O) groups excluding carboxylic acids is 1. The molecule has 7 heteroatoms. The molecule has 4 atom stereocenters. The highest BCUT2D eigenvalue weighted by Crippen LogP contribution is 2.53. The lowest BCUT2D eigenvalue weighted by Gasteiger charge is -2.48. The smallest absolute Gasteiger partial charge is 0.252 e. The summed E-state index contributed by atoms with van der Waals surface area (Å²) in [5.41, 5.74) is 5.51. The summed E-state index contributed by atoms with van der Waals surface area (Å²) in [4.78, 5) is 13.3. The number of aromatic nitrogens is 2. The van der Waals surface area contributed by atoms with E-state index < -0.39 is 5.72 Å². The van der Waals surface area contributed by atoms with Gasteiger partial charge in [0.25, 0.3) is 5.91 Å². The van der Waals surface area contributed by atoms with E-state index in [4.69, 9.17) is 9.47 Å². The first-order valence-corrected chi connectivity index (χ1v) is 12.3. The van der Waals surface area contributed by atoms with Crippen molar-refractivity contribution in [1.82, 2.24) is 19.8 Å². The zero-order chi connectivity index (χ0) is 23.6. The van der Waals surface area contributed by atoms with Crippen molar-refractivity contribution in [3.05, 3.63) is 59.7 Å². The molecule has 7 nitrogen and oxygen atoms in total. The Labute approximate surface area is 201 Å². The lowest BCUT2D eigenvalue weighted by atomic mass is 9.93. The third-order valence-corrected chi connectivity index (χ3v) is 8.60. The summed E-state index contributed by atoms with van der Waals surface area (Å²) in [6.45, 7) is 2.68. The van der Waals surface area contributed by atoms with Crippen LogP contribution in [0.1, 0.15) is 35.5 Å². The summed E-state index contributed by atoms with van der Waals surface area (Å²) in [6.07, 6.45) is 0.337. The molecular formula is C28H26N4O3. The van der Waals surface area contributed by atoms with Crippen molar-refractivity contribution in [2.45, 2.75) is 44.0 Å². The number of hydrogen-bond donors (Lipinski definition) is 2. The summed E-state index contributed by atoms with van der Waals surface area (Å²) < 4.78 is 18.0. The highest BCUT2D eigenvalue weighted by molar-refractivity contribution is 6.31. The van der Waals surface area contributed by atoms with Crippen molar-refractivity contribution < 1.29 is 14.3 Å². The number of ether oxygens (including phenoxy) is 2. The van der Waals surface area contributed by atoms with E-state index in [9.17, 15) is 4.79 Å². The number of carbonyl (C=O) groups is 1. The van der Waals surface area contributed by atoms with Gasteiger partial charge in [-0.05, 0) is 31.7 Å². The average Bonchev–Trinajstić information content (AvgIpc) is 3.51. The van der Waals surface area contributed by atoms with Crippen molar-refractivity contribution in [1.29, 1.82) is 0 Å². The Kier molecular flexibility index (Phi) is 3.65. The highest BCUT2D eigenvalue weighted by atomic mass is 16.6. The molecule has 0 radical (unpaired) electrons. The zero-order valence-corrected chi connectivity index (χ0v) is 19.9. The fourth-order valence-electron chi connectivity index (χ4n) is 7.33. The molecule has 35 heavy (non-hydrogen) atoms. The molecule has 0 spiro atoms. The maximum Gasteiger partial charge on any atom is 0.252 e. The van der Waals surface area contributed by atoms with Gasteiger partial charge in [-0.25, -0.2) is 0 Å². The topological polar surface area (TPSA) is 69.5 Å². The molecule has 2 bridgehead atoms. The van der Waals surface area contributed by atoms with Crippen LogP contribution in [-0.2, 0) is 21.7 Å². The number of likely N-dealkylation sites (N-methyl/N-ethyl adjacent to an activating group) is 1. The summed E-state index contributed by atoms with van der Waals surface area (Å²) in [5.74, 6) is 0.00357. The van der Waals surface area contributed by atoms with Gasteiger partial charge in [-0.15, -0.1) is 0 Å². The molecule has 5 aromatic rings. The molecule has 1 amide bonds. The molecular weight excluding hydrogens is 440 g/mol. The Hall–Kier alpha value is -3.39. The molecule has 3 aliphatic rings. The number of nitrogens with zero attached hydrogens (tertiary/aromatic N) is 2. The van der Waals surface area contributed by atoms with E-state index in [1.165, 1.54) is 0 Å². The van der Waals surface area contributed by atoms with E-state index in [2.05, 4.69) is 75.2 Å². The van der Waals surface area contributed by atoms with Gasteiger partial charge in [0.1, 0.15) is 12.3 Å². The third kappa shape index (κ3) is 2.12. The second-order valence-electron chi connectivity index (χ2n) is 10.1. The van der Waals surface area contributed by atoms with Gasteiger partial charge in [-0.2, -0.15) is 0 Å². The van der Waals surface area contributed by atoms with Crippen molar-refractivity contribution in [2.24, 2.45) is 0 Å². The first kappa shape index (κ1) is 19.9. The number of nitrogens with one attached hydrogen (secondary N) is 2. The van der Waals surface area contributed by atoms with Crippen LogP contribution in [0, 0.1) is 0 Å². The number of hydrogen-bond acceptors (Lipinski definition) is 4. The fraction of sp³-hybridized carbons (Fsp3) is 0.321. The average molecular weight is 467 g/mol. The van der Waals surface area contributed by atoms with Crippen LogP contribution in [0.2, 0.25) is 0 Å². The van der Waals surface area contributed by atoms with Crippen LogP contribution in [0.4, 0.5) is 0 Å². The molecule has 3 aromatic carbocycles. The Balaban J connectivity index is 1.72. The molecule has 1 unspecified atom stereocenters. The Morgan fingerprint density at radius 2 is 1.77 bits per heavy atom. The number of benzene rings is 3. The summed E-state index contributed by atoms with van der Waals surface area (Å²) in [7, 11) is 3.77. The van der Waals surface area contributed by atoms with Gasteiger partial charge in [0.2, 0.25) is 0 Å². The van der Waals surface area contributed by atoms with Gasteiger partial charge in [-0.3, -0.25) is 4.79 Å². The van der Waals surface area contributed by atoms with Gasteiger partial charge >= 0.3 is 0 Å². The van der Waals surface area contributed by atoms with Crippen LogP contribution in [0.15, 0.2) is 48.5 Å². The first-order valence-electron chi connectivity index (χ1n) is 12.3. The molecule has 3 aliphatic heterocycles. The second kappa shape index (κ2) is 6.43. The van der Waals surface area contributed by atoms with E-state index in [1.54, 1.807) is 7.11 Å². The minimum absolute atomic E-state index is 0.00357. The summed E-state index contributed by atoms with van der Waals surface area (Å²) >= 11 is 0. The molecule has 2 N–H and O–H groups in total. The van der Waals surface area contributed by atoms with Gasteiger partial charge in [-0.1, -0.05) is 36.4 Å². The largest absolute Gasteiger partial charge is 0.375 e. The van der Waals surface area contributed by atoms with Crippen molar-refractivity contribution in [3.8, 4) is 0 Å². The van der Waals surface area contributed by atoms with Crippen molar-refractivity contribution in [2.75, 3.05) is 14.2 Å². The van der Waals surface area contributed by atoms with Crippen LogP contribution >= 0.6 is 0 Å². The quantitative estimate of drug-likeness (QED) is 0.406. The van der Waals surface area contributed by atoms with Gasteiger partial charge in [0.15, 0.2) is 5.72 Å². The van der Waals surface area contributed by atoms with Gasteiger partial charge < -0.3 is 29.2 Å². The number of para-hydroxylation sites is 2. The molecule has 1 fully saturated rings. The number of amides is 1. The second-order valence-corrected chi connectivity index (χ2v) is 10.1. The van der Waals surface area contributed by atoms with E-state index in [1.807, 2.05) is 7.05 Å². The van der Waals surface area contributed by atoms with E-state index in [0.29, 0.717) is 6.54 Å². The van der Waals surface area contributed by atoms with Crippen LogP contribution in [0.3, 0.4) is 0 Å². The van der Waals surface area contributed by atoms with E-state index >= 15 is 0 Å². The first-order chi connectivity index (χ1) is 17.1. The van der Waals surface area contributed by atoms with Crippen LogP contribution in [-0.4, -0.2) is 41.3 Å². The SMILES string of the molecule is CNC1C[C@@H]2O[C@](C)([C@H]1OC)n1c3ccccc3c3c4c(c5c6ccccc6n2c5c31)C(=O)NC4. The lowest BCUT2D eigenvalue weighted by Crippen LogP contribution is -2.59. The lowest BCUT2D eigenvalue weighted by molar-refractivity contribution is -0.256. The monoisotopic (exact) mass is 466 g/mol. The maximum absolute atomic E-state index is 13.3. The molecule has 0 aliphatic carbocycles. The van der Waals surface area contributed by atoms with Crippen LogP contribution in [0.25, 0.3) is 43.6 Å². The van der Waals surface area contributed by atoms with E-state index in [0.717, 1.165) is 61.2 Å². The fourth-order valence-corrected chi connectivity index (χ4v) is 7.33. The number of rotatable bonds is 2. The highest BCUT2D eigenvalue weighted by Gasteiger charge is 2.53. The van der Waals surface area contributed by atoms with E-state index in [-0.39, 0.29) is 24.3 Å². The van der Waals surface area contributed by atoms with Crippen LogP contribution in [0.5, 0.6) is 0 Å². The molecule has 176 valence electrons. The molecule has 1 saturated heterocycles. The predicted molar refractivity (Wildman–Crippen MR) is 136 cm³/mol. The Bertz CT molecular complexity index is 1750. The van der Waals surface area contributed by atoms with Crippen molar-refractivity contribution >= 4 is 49.5 Å². The Morgan fingerprint density at radius 3 is 2.51 bits per heavy atom. The summed E-state index contributed by atoms with van der Waals surface area (Å²) in [5, 5.41) is 11.0. The molecule has 0 saturated carbocycles. The molecule has 5 heterocycles. The predicted octanol–water partition coefficient (Wildman–Crippen LogP) is 4.35.